The first kappa shape index (κ1) is 12.3. The van der Waals surface area contributed by atoms with E-state index in [9.17, 15) is 5.21 Å². The van der Waals surface area contributed by atoms with Crippen molar-refractivity contribution in [3.05, 3.63) is 53.1 Å². The predicted octanol–water partition coefficient (Wildman–Crippen LogP) is 0.0735. The maximum atomic E-state index is 11.7. The van der Waals surface area contributed by atoms with E-state index in [1.165, 1.54) is 4.68 Å². The second-order valence-electron chi connectivity index (χ2n) is 4.20. The average molecular weight is 272 g/mol. The lowest BCUT2D eigenvalue weighted by Gasteiger charge is -1.98. The third-order valence-electron chi connectivity index (χ3n) is 2.85. The number of benzene rings is 1. The Labute approximate surface area is 114 Å². The van der Waals surface area contributed by atoms with Crippen LogP contribution >= 0.6 is 0 Å². The van der Waals surface area contributed by atoms with E-state index in [-0.39, 0.29) is 6.54 Å². The van der Waals surface area contributed by atoms with E-state index in [2.05, 4.69) is 20.1 Å². The Kier molecular flexibility index (Phi) is 3.13. The number of hydrogen-bond donors (Lipinski definition) is 1. The van der Waals surface area contributed by atoms with Gasteiger partial charge in [0.2, 0.25) is 5.69 Å². The van der Waals surface area contributed by atoms with Gasteiger partial charge in [0, 0.05) is 17.3 Å². The lowest BCUT2D eigenvalue weighted by molar-refractivity contribution is -0.808. The Morgan fingerprint density at radius 2 is 2.10 bits per heavy atom. The first-order valence-corrected chi connectivity index (χ1v) is 6.01. The first-order valence-electron chi connectivity index (χ1n) is 6.01. The molecule has 0 atom stereocenters. The quantitative estimate of drug-likeness (QED) is 0.673. The van der Waals surface area contributed by atoms with Crippen molar-refractivity contribution in [2.24, 2.45) is 5.73 Å². The second kappa shape index (κ2) is 5.10. The van der Waals surface area contributed by atoms with Gasteiger partial charge >= 0.3 is 0 Å². The molecule has 0 bridgehead atoms. The summed E-state index contributed by atoms with van der Waals surface area (Å²) in [5, 5.41) is 23.3. The Bertz CT molecular complexity index is 706. The monoisotopic (exact) mass is 272 g/mol. The zero-order valence-corrected chi connectivity index (χ0v) is 10.5. The summed E-state index contributed by atoms with van der Waals surface area (Å²) in [6.45, 7) is 0.511. The van der Waals surface area contributed by atoms with E-state index in [1.807, 2.05) is 30.3 Å². The van der Waals surface area contributed by atoms with Crippen molar-refractivity contribution >= 4 is 0 Å². The van der Waals surface area contributed by atoms with Gasteiger partial charge in [0.1, 0.15) is 6.54 Å². The van der Waals surface area contributed by atoms with E-state index in [4.69, 9.17) is 5.73 Å². The minimum absolute atomic E-state index is 0.213. The average Bonchev–Trinajstić information content (AvgIpc) is 3.08. The van der Waals surface area contributed by atoms with Crippen molar-refractivity contribution in [2.45, 2.75) is 13.1 Å². The van der Waals surface area contributed by atoms with Crippen LogP contribution in [-0.4, -0.2) is 20.2 Å². The molecule has 102 valence electrons. The van der Waals surface area contributed by atoms with Crippen LogP contribution in [0.4, 0.5) is 0 Å². The fraction of sp³-hybridized carbons (Fsp3) is 0.167. The standard InChI is InChI=1S/C12H12N6O2/c13-6-10-7-17(16-14-10)8-11-12(15-20-18(11)19)9-4-2-1-3-5-9/h1-5,7H,6,8,13H2. The van der Waals surface area contributed by atoms with Crippen molar-refractivity contribution in [3.8, 4) is 11.3 Å². The van der Waals surface area contributed by atoms with Crippen LogP contribution in [-0.2, 0) is 13.1 Å². The summed E-state index contributed by atoms with van der Waals surface area (Å²) in [6.07, 6.45) is 1.68. The predicted molar refractivity (Wildman–Crippen MR) is 67.9 cm³/mol. The summed E-state index contributed by atoms with van der Waals surface area (Å²) < 4.78 is 6.20. The summed E-state index contributed by atoms with van der Waals surface area (Å²) in [5.41, 5.74) is 7.79. The molecule has 0 fully saturated rings. The Morgan fingerprint density at radius 1 is 1.30 bits per heavy atom. The molecule has 8 nitrogen and oxygen atoms in total. The molecule has 2 N–H and O–H groups in total. The molecule has 0 saturated heterocycles. The third kappa shape index (κ3) is 2.24. The lowest BCUT2D eigenvalue weighted by Crippen LogP contribution is -2.29. The maximum Gasteiger partial charge on any atom is 0.253 e. The molecule has 1 aromatic carbocycles. The second-order valence-corrected chi connectivity index (χ2v) is 4.20. The summed E-state index contributed by atoms with van der Waals surface area (Å²) in [5.74, 6) is 0. The zero-order chi connectivity index (χ0) is 13.9. The molecule has 0 amide bonds. The minimum atomic E-state index is 0.213. The summed E-state index contributed by atoms with van der Waals surface area (Å²) in [7, 11) is 0. The first-order chi connectivity index (χ1) is 9.78. The number of nitrogens with two attached hydrogens (primary N) is 1. The topological polar surface area (TPSA) is 110 Å². The van der Waals surface area contributed by atoms with Crippen molar-refractivity contribution in [1.29, 1.82) is 0 Å². The van der Waals surface area contributed by atoms with Gasteiger partial charge in [-0.25, -0.2) is 4.68 Å². The maximum absolute atomic E-state index is 11.7. The SMILES string of the molecule is NCc1cn(Cc2c(-c3ccccc3)no[n+]2[O-])nn1. The molecule has 0 unspecified atom stereocenters. The number of nitrogens with zero attached hydrogens (tertiary/aromatic N) is 5. The molecule has 2 heterocycles. The van der Waals surface area contributed by atoms with E-state index >= 15 is 0 Å². The largest absolute Gasteiger partial charge is 0.359 e. The molecule has 0 spiro atoms. The van der Waals surface area contributed by atoms with Crippen LogP contribution < -0.4 is 10.6 Å². The van der Waals surface area contributed by atoms with Gasteiger partial charge in [-0.3, -0.25) is 4.63 Å². The van der Waals surface area contributed by atoms with Crippen molar-refractivity contribution in [3.63, 3.8) is 0 Å². The van der Waals surface area contributed by atoms with Gasteiger partial charge in [0.15, 0.2) is 0 Å². The van der Waals surface area contributed by atoms with Crippen molar-refractivity contribution in [2.75, 3.05) is 0 Å². The van der Waals surface area contributed by atoms with Crippen LogP contribution in [0, 0.1) is 5.21 Å². The van der Waals surface area contributed by atoms with Crippen LogP contribution in [0.1, 0.15) is 11.4 Å². The fourth-order valence-corrected chi connectivity index (χ4v) is 1.88. The van der Waals surface area contributed by atoms with Crippen LogP contribution in [0.2, 0.25) is 0 Å². The number of aromatic nitrogens is 5. The number of rotatable bonds is 4. The van der Waals surface area contributed by atoms with Crippen LogP contribution in [0.3, 0.4) is 0 Å². The smallest absolute Gasteiger partial charge is 0.253 e. The normalized spacial score (nSPS) is 10.8. The van der Waals surface area contributed by atoms with E-state index < -0.39 is 0 Å². The Morgan fingerprint density at radius 3 is 2.80 bits per heavy atom. The summed E-state index contributed by atoms with van der Waals surface area (Å²) in [6, 6.07) is 9.33. The molecule has 0 aliphatic heterocycles. The molecule has 0 aliphatic rings. The molecule has 2 aromatic heterocycles. The number of hydrogen-bond acceptors (Lipinski definition) is 6. The van der Waals surface area contributed by atoms with E-state index in [1.54, 1.807) is 6.20 Å². The molecule has 20 heavy (non-hydrogen) atoms. The molecule has 0 saturated carbocycles. The van der Waals surface area contributed by atoms with Crippen molar-refractivity contribution < 1.29 is 9.53 Å². The van der Waals surface area contributed by atoms with E-state index in [0.717, 1.165) is 5.56 Å². The van der Waals surface area contributed by atoms with Gasteiger partial charge < -0.3 is 10.9 Å². The highest BCUT2D eigenvalue weighted by Crippen LogP contribution is 2.19. The highest BCUT2D eigenvalue weighted by atomic mass is 16.8. The molecule has 3 aromatic rings. The highest BCUT2D eigenvalue weighted by molar-refractivity contribution is 5.59. The Hall–Kier alpha value is -2.74. The van der Waals surface area contributed by atoms with Crippen molar-refractivity contribution in [1.82, 2.24) is 20.2 Å². The van der Waals surface area contributed by atoms with Gasteiger partial charge in [-0.1, -0.05) is 35.5 Å². The zero-order valence-electron chi connectivity index (χ0n) is 10.5. The molecule has 3 rings (SSSR count). The van der Waals surface area contributed by atoms with Gasteiger partial charge in [-0.2, -0.15) is 0 Å². The van der Waals surface area contributed by atoms with Gasteiger partial charge in [-0.05, 0) is 4.90 Å². The van der Waals surface area contributed by atoms with Gasteiger partial charge in [0.25, 0.3) is 5.69 Å². The molecule has 0 aliphatic carbocycles. The van der Waals surface area contributed by atoms with Gasteiger partial charge in [-0.15, -0.1) is 5.10 Å². The molecular formula is C12H12N6O2. The minimum Gasteiger partial charge on any atom is -0.359 e. The molecular weight excluding hydrogens is 260 g/mol. The van der Waals surface area contributed by atoms with Crippen LogP contribution in [0.25, 0.3) is 11.3 Å². The molecule has 8 heteroatoms. The lowest BCUT2D eigenvalue weighted by atomic mass is 10.1. The molecule has 0 radical (unpaired) electrons. The summed E-state index contributed by atoms with van der Waals surface area (Å²) >= 11 is 0. The Balaban J connectivity index is 1.95. The fourth-order valence-electron chi connectivity index (χ4n) is 1.88. The highest BCUT2D eigenvalue weighted by Gasteiger charge is 2.21. The van der Waals surface area contributed by atoms with Crippen LogP contribution in [0.5, 0.6) is 0 Å². The summed E-state index contributed by atoms with van der Waals surface area (Å²) in [4.78, 5) is 0.381. The third-order valence-corrected chi connectivity index (χ3v) is 2.85. The van der Waals surface area contributed by atoms with Gasteiger partial charge in [0.05, 0.1) is 11.9 Å². The van der Waals surface area contributed by atoms with E-state index in [0.29, 0.717) is 28.5 Å². The van der Waals surface area contributed by atoms with Crippen LogP contribution in [0.15, 0.2) is 41.2 Å².